The zero-order valence-electron chi connectivity index (χ0n) is 20.1. The van der Waals surface area contributed by atoms with Crippen LogP contribution in [0.15, 0.2) is 118 Å². The van der Waals surface area contributed by atoms with Crippen molar-refractivity contribution in [2.45, 2.75) is 35.5 Å². The average molecular weight is 688 g/mol. The van der Waals surface area contributed by atoms with Crippen LogP contribution in [0.2, 0.25) is 0 Å². The molecule has 0 aliphatic carbocycles. The molecule has 0 spiro atoms. The summed E-state index contributed by atoms with van der Waals surface area (Å²) in [6.07, 6.45) is 0.977. The van der Waals surface area contributed by atoms with Crippen molar-refractivity contribution in [3.8, 4) is 0 Å². The Bertz CT molecular complexity index is 1680. The Hall–Kier alpha value is -2.05. The summed E-state index contributed by atoms with van der Waals surface area (Å²) >= 11 is 6.52. The van der Waals surface area contributed by atoms with Crippen LogP contribution in [0, 0.1) is 6.92 Å². The lowest BCUT2D eigenvalue weighted by molar-refractivity contribution is 0.595. The summed E-state index contributed by atoms with van der Waals surface area (Å²) < 4.78 is 82.6. The van der Waals surface area contributed by atoms with E-state index in [9.17, 15) is 25.3 Å². The van der Waals surface area contributed by atoms with E-state index >= 15 is 0 Å². The summed E-state index contributed by atoms with van der Waals surface area (Å²) in [6, 6.07) is 17.6. The van der Waals surface area contributed by atoms with Gasteiger partial charge in [-0.2, -0.15) is 0 Å². The molecule has 0 saturated heterocycles. The number of hydrogen-bond acceptors (Lipinski definition) is 6. The number of allylic oxidation sites excluding steroid dienone is 1. The van der Waals surface area contributed by atoms with E-state index in [0.717, 1.165) is 11.6 Å². The van der Waals surface area contributed by atoms with Gasteiger partial charge in [-0.05, 0) is 87.5 Å². The lowest BCUT2D eigenvalue weighted by atomic mass is 10.2. The van der Waals surface area contributed by atoms with E-state index in [2.05, 4.69) is 31.9 Å². The summed E-state index contributed by atoms with van der Waals surface area (Å²) in [5.41, 5.74) is 1.06. The predicted molar refractivity (Wildman–Crippen MR) is 152 cm³/mol. The molecule has 6 nitrogen and oxygen atoms in total. The number of sulfone groups is 3. The van der Waals surface area contributed by atoms with Crippen molar-refractivity contribution in [3.63, 3.8) is 0 Å². The lowest BCUT2D eigenvalue weighted by Gasteiger charge is -2.17. The van der Waals surface area contributed by atoms with Gasteiger partial charge in [0.25, 0.3) is 0 Å². The SMILES string of the molecule is CC(C)=C(C(=CCS(=O)(=O)c1ccc(C)cc1)S(=O)(=O)c1ccc(Br)cc1)S(=O)(=O)c1ccc(Br)cc1. The zero-order chi connectivity index (χ0) is 27.6. The highest BCUT2D eigenvalue weighted by Gasteiger charge is 2.34. The van der Waals surface area contributed by atoms with Gasteiger partial charge in [-0.15, -0.1) is 0 Å². The van der Waals surface area contributed by atoms with Crippen LogP contribution in [0.3, 0.4) is 0 Å². The molecule has 0 N–H and O–H groups in total. The molecule has 3 aromatic carbocycles. The molecule has 0 unspecified atom stereocenters. The molecule has 0 heterocycles. The van der Waals surface area contributed by atoms with Crippen LogP contribution in [0.5, 0.6) is 0 Å². The Labute approximate surface area is 235 Å². The Balaban J connectivity index is 2.27. The van der Waals surface area contributed by atoms with E-state index < -0.39 is 45.1 Å². The molecule has 3 rings (SSSR count). The fraction of sp³-hybridized carbons (Fsp3) is 0.154. The van der Waals surface area contributed by atoms with Gasteiger partial charge in [0.05, 0.1) is 30.2 Å². The smallest absolute Gasteiger partial charge is 0.207 e. The van der Waals surface area contributed by atoms with E-state index in [1.54, 1.807) is 12.1 Å². The van der Waals surface area contributed by atoms with Crippen LogP contribution < -0.4 is 0 Å². The normalized spacial score (nSPS) is 12.8. The maximum atomic E-state index is 13.8. The van der Waals surface area contributed by atoms with Gasteiger partial charge in [0.15, 0.2) is 9.84 Å². The third-order valence-corrected chi connectivity index (χ3v) is 12.0. The first-order valence-electron chi connectivity index (χ1n) is 10.8. The van der Waals surface area contributed by atoms with Gasteiger partial charge in [0.2, 0.25) is 19.7 Å². The minimum atomic E-state index is -4.44. The third kappa shape index (κ3) is 6.69. The van der Waals surface area contributed by atoms with Gasteiger partial charge in [-0.1, -0.05) is 55.1 Å². The molecule has 0 bridgehead atoms. The topological polar surface area (TPSA) is 102 Å². The molecule has 0 amide bonds. The van der Waals surface area contributed by atoms with E-state index in [1.165, 1.54) is 74.5 Å². The van der Waals surface area contributed by atoms with Gasteiger partial charge in [-0.3, -0.25) is 0 Å². The Kier molecular flexibility index (Phi) is 9.06. The van der Waals surface area contributed by atoms with Gasteiger partial charge in [0.1, 0.15) is 0 Å². The van der Waals surface area contributed by atoms with Gasteiger partial charge in [0, 0.05) is 8.95 Å². The highest BCUT2D eigenvalue weighted by atomic mass is 79.9. The number of halogens is 2. The molecular weight excluding hydrogens is 664 g/mol. The second kappa shape index (κ2) is 11.4. The molecule has 0 saturated carbocycles. The van der Waals surface area contributed by atoms with Gasteiger partial charge >= 0.3 is 0 Å². The van der Waals surface area contributed by atoms with Crippen molar-refractivity contribution >= 4 is 61.4 Å². The fourth-order valence-corrected chi connectivity index (χ4v) is 9.01. The number of rotatable bonds is 8. The van der Waals surface area contributed by atoms with Crippen molar-refractivity contribution in [1.82, 2.24) is 0 Å². The highest BCUT2D eigenvalue weighted by Crippen LogP contribution is 2.35. The van der Waals surface area contributed by atoms with Crippen LogP contribution in [-0.4, -0.2) is 31.0 Å². The molecule has 11 heteroatoms. The lowest BCUT2D eigenvalue weighted by Crippen LogP contribution is -2.17. The largest absolute Gasteiger partial charge is 0.223 e. The van der Waals surface area contributed by atoms with Crippen LogP contribution in [0.25, 0.3) is 0 Å². The van der Waals surface area contributed by atoms with Gasteiger partial charge < -0.3 is 0 Å². The number of benzene rings is 3. The number of hydrogen-bond donors (Lipinski definition) is 0. The summed E-state index contributed by atoms with van der Waals surface area (Å²) in [6.45, 7) is 4.77. The molecule has 0 aliphatic rings. The second-order valence-electron chi connectivity index (χ2n) is 8.41. The molecule has 0 radical (unpaired) electrons. The van der Waals surface area contributed by atoms with Crippen molar-refractivity contribution in [3.05, 3.63) is 109 Å². The van der Waals surface area contributed by atoms with Crippen LogP contribution in [0.1, 0.15) is 19.4 Å². The Morgan fingerprint density at radius 1 is 0.649 bits per heavy atom. The maximum absolute atomic E-state index is 13.8. The van der Waals surface area contributed by atoms with Crippen molar-refractivity contribution < 1.29 is 25.3 Å². The summed E-state index contributed by atoms with van der Waals surface area (Å²) in [5.74, 6) is -0.714. The third-order valence-electron chi connectivity index (χ3n) is 5.35. The summed E-state index contributed by atoms with van der Waals surface area (Å²) in [4.78, 5) is -1.33. The minimum Gasteiger partial charge on any atom is -0.223 e. The standard InChI is InChI=1S/C26H24Br2O6S3/c1-18(2)26(37(33,34)24-14-8-21(28)9-15-24)25(36(31,32)23-12-6-20(27)7-13-23)16-17-35(29,30)22-10-4-19(3)5-11-22/h4-16H,17H2,1-3H3. The van der Waals surface area contributed by atoms with Crippen LogP contribution in [0.4, 0.5) is 0 Å². The Morgan fingerprint density at radius 3 is 1.49 bits per heavy atom. The first kappa shape index (κ1) is 29.5. The molecular formula is C26H24Br2O6S3. The van der Waals surface area contributed by atoms with E-state index in [-0.39, 0.29) is 20.3 Å². The molecule has 37 heavy (non-hydrogen) atoms. The summed E-state index contributed by atoms with van der Waals surface area (Å²) in [5, 5.41) is 0. The molecule has 0 aromatic heterocycles. The highest BCUT2D eigenvalue weighted by molar-refractivity contribution is 9.10. The minimum absolute atomic E-state index is 0.00394. The van der Waals surface area contributed by atoms with Crippen LogP contribution in [-0.2, 0) is 29.5 Å². The van der Waals surface area contributed by atoms with Gasteiger partial charge in [-0.25, -0.2) is 25.3 Å². The first-order chi connectivity index (χ1) is 17.2. The summed E-state index contributed by atoms with van der Waals surface area (Å²) in [7, 11) is -12.8. The van der Waals surface area contributed by atoms with Crippen molar-refractivity contribution in [1.29, 1.82) is 0 Å². The predicted octanol–water partition coefficient (Wildman–Crippen LogP) is 6.42. The average Bonchev–Trinajstić information content (AvgIpc) is 2.82. The zero-order valence-corrected chi connectivity index (χ0v) is 25.8. The van der Waals surface area contributed by atoms with Crippen molar-refractivity contribution in [2.75, 3.05) is 5.75 Å². The number of aryl methyl sites for hydroxylation is 1. The van der Waals surface area contributed by atoms with E-state index in [1.807, 2.05) is 6.92 Å². The molecule has 0 atom stereocenters. The monoisotopic (exact) mass is 686 g/mol. The molecule has 0 aliphatic heterocycles. The first-order valence-corrected chi connectivity index (χ1v) is 17.1. The van der Waals surface area contributed by atoms with Crippen molar-refractivity contribution in [2.24, 2.45) is 0 Å². The molecule has 0 fully saturated rings. The molecule has 196 valence electrons. The van der Waals surface area contributed by atoms with E-state index in [0.29, 0.717) is 8.95 Å². The fourth-order valence-electron chi connectivity index (χ4n) is 3.47. The second-order valence-corrected chi connectivity index (χ2v) is 16.1. The quantitative estimate of drug-likeness (QED) is 0.253. The molecule has 3 aromatic rings. The van der Waals surface area contributed by atoms with Crippen LogP contribution >= 0.6 is 31.9 Å². The maximum Gasteiger partial charge on any atom is 0.207 e. The Morgan fingerprint density at radius 2 is 1.05 bits per heavy atom. The van der Waals surface area contributed by atoms with E-state index in [4.69, 9.17) is 0 Å².